The third-order valence-electron chi connectivity index (χ3n) is 5.15. The highest BCUT2D eigenvalue weighted by Crippen LogP contribution is 2.33. The molecule has 1 unspecified atom stereocenters. The largest absolute Gasteiger partial charge is 0.330 e. The summed E-state index contributed by atoms with van der Waals surface area (Å²) >= 11 is 0. The lowest BCUT2D eigenvalue weighted by Gasteiger charge is -2.44. The van der Waals surface area contributed by atoms with Crippen LogP contribution in [0.25, 0.3) is 0 Å². The Morgan fingerprint density at radius 3 is 2.44 bits per heavy atom. The Morgan fingerprint density at radius 1 is 1.00 bits per heavy atom. The van der Waals surface area contributed by atoms with Gasteiger partial charge < -0.3 is 5.73 Å². The summed E-state index contributed by atoms with van der Waals surface area (Å²) in [6.45, 7) is 4.54. The molecular weight excluding hydrogens is 220 g/mol. The number of nitrogens with two attached hydrogens (primary N) is 1. The zero-order valence-corrected chi connectivity index (χ0v) is 12.2. The van der Waals surface area contributed by atoms with Crippen LogP contribution in [0.15, 0.2) is 0 Å². The zero-order valence-electron chi connectivity index (χ0n) is 12.2. The number of nitrogens with zero attached hydrogens (tertiary/aromatic N) is 1. The second kappa shape index (κ2) is 7.49. The average Bonchev–Trinajstić information content (AvgIpc) is 2.41. The van der Waals surface area contributed by atoms with Crippen LogP contribution < -0.4 is 5.73 Å². The second-order valence-corrected chi connectivity index (χ2v) is 6.43. The molecule has 1 aliphatic carbocycles. The molecule has 0 aromatic heterocycles. The van der Waals surface area contributed by atoms with Crippen molar-refractivity contribution in [2.75, 3.05) is 13.1 Å². The van der Waals surface area contributed by atoms with E-state index in [4.69, 9.17) is 5.73 Å². The van der Waals surface area contributed by atoms with Crippen LogP contribution in [-0.2, 0) is 0 Å². The summed E-state index contributed by atoms with van der Waals surface area (Å²) in [5.41, 5.74) is 5.79. The molecule has 0 radical (unpaired) electrons. The summed E-state index contributed by atoms with van der Waals surface area (Å²) in [5, 5.41) is 0. The SMILES string of the molecule is CCCC1CCC(N2CCCCC2CCN)CC1. The first-order valence-corrected chi connectivity index (χ1v) is 8.31. The van der Waals surface area contributed by atoms with Gasteiger partial charge in [0.15, 0.2) is 0 Å². The predicted octanol–water partition coefficient (Wildman–Crippen LogP) is 3.55. The van der Waals surface area contributed by atoms with Gasteiger partial charge in [0.2, 0.25) is 0 Å². The maximum absolute atomic E-state index is 5.79. The van der Waals surface area contributed by atoms with Crippen LogP contribution in [0.2, 0.25) is 0 Å². The summed E-state index contributed by atoms with van der Waals surface area (Å²) in [4.78, 5) is 2.83. The van der Waals surface area contributed by atoms with E-state index >= 15 is 0 Å². The Morgan fingerprint density at radius 2 is 1.78 bits per heavy atom. The van der Waals surface area contributed by atoms with Crippen LogP contribution in [0.3, 0.4) is 0 Å². The molecule has 0 amide bonds. The molecule has 2 fully saturated rings. The van der Waals surface area contributed by atoms with E-state index in [-0.39, 0.29) is 0 Å². The maximum atomic E-state index is 5.79. The topological polar surface area (TPSA) is 29.3 Å². The van der Waals surface area contributed by atoms with Crippen LogP contribution >= 0.6 is 0 Å². The average molecular weight is 252 g/mol. The second-order valence-electron chi connectivity index (χ2n) is 6.43. The molecule has 1 saturated heterocycles. The monoisotopic (exact) mass is 252 g/mol. The molecule has 18 heavy (non-hydrogen) atoms. The summed E-state index contributed by atoms with van der Waals surface area (Å²) in [7, 11) is 0. The third-order valence-corrected chi connectivity index (χ3v) is 5.15. The van der Waals surface area contributed by atoms with Crippen molar-refractivity contribution in [2.45, 2.75) is 83.2 Å². The Balaban J connectivity index is 1.82. The van der Waals surface area contributed by atoms with E-state index in [1.165, 1.54) is 70.8 Å². The Hall–Kier alpha value is -0.0800. The van der Waals surface area contributed by atoms with Gasteiger partial charge in [0.1, 0.15) is 0 Å². The molecule has 2 N–H and O–H groups in total. The van der Waals surface area contributed by atoms with Gasteiger partial charge in [0.25, 0.3) is 0 Å². The molecule has 2 aliphatic rings. The van der Waals surface area contributed by atoms with Crippen LogP contribution in [0.4, 0.5) is 0 Å². The van der Waals surface area contributed by atoms with Gasteiger partial charge in [-0.3, -0.25) is 4.90 Å². The highest BCUT2D eigenvalue weighted by Gasteiger charge is 2.31. The minimum Gasteiger partial charge on any atom is -0.330 e. The summed E-state index contributed by atoms with van der Waals surface area (Å²) < 4.78 is 0. The molecule has 1 atom stereocenters. The number of hydrogen-bond acceptors (Lipinski definition) is 2. The minimum atomic E-state index is 0.802. The van der Waals surface area contributed by atoms with E-state index in [1.807, 2.05) is 0 Å². The van der Waals surface area contributed by atoms with Crippen molar-refractivity contribution in [3.8, 4) is 0 Å². The van der Waals surface area contributed by atoms with E-state index in [2.05, 4.69) is 11.8 Å². The van der Waals surface area contributed by atoms with E-state index in [9.17, 15) is 0 Å². The van der Waals surface area contributed by atoms with Gasteiger partial charge in [0, 0.05) is 12.1 Å². The van der Waals surface area contributed by atoms with E-state index in [0.29, 0.717) is 0 Å². The third kappa shape index (κ3) is 3.71. The van der Waals surface area contributed by atoms with Crippen molar-refractivity contribution in [3.63, 3.8) is 0 Å². The van der Waals surface area contributed by atoms with Crippen LogP contribution in [-0.4, -0.2) is 30.1 Å². The highest BCUT2D eigenvalue weighted by atomic mass is 15.2. The molecule has 2 heteroatoms. The molecule has 1 aliphatic heterocycles. The van der Waals surface area contributed by atoms with Gasteiger partial charge in [-0.15, -0.1) is 0 Å². The van der Waals surface area contributed by atoms with Crippen molar-refractivity contribution >= 4 is 0 Å². The fourth-order valence-corrected chi connectivity index (χ4v) is 4.18. The van der Waals surface area contributed by atoms with Crippen molar-refractivity contribution in [1.29, 1.82) is 0 Å². The van der Waals surface area contributed by atoms with Gasteiger partial charge in [-0.2, -0.15) is 0 Å². The lowest BCUT2D eigenvalue weighted by atomic mass is 9.81. The zero-order chi connectivity index (χ0) is 12.8. The van der Waals surface area contributed by atoms with Crippen LogP contribution in [0.5, 0.6) is 0 Å². The summed E-state index contributed by atoms with van der Waals surface area (Å²) in [6, 6.07) is 1.69. The summed E-state index contributed by atoms with van der Waals surface area (Å²) in [5.74, 6) is 1.03. The minimum absolute atomic E-state index is 0.802. The van der Waals surface area contributed by atoms with Gasteiger partial charge in [0.05, 0.1) is 0 Å². The van der Waals surface area contributed by atoms with Crippen molar-refractivity contribution in [2.24, 2.45) is 11.7 Å². The number of hydrogen-bond donors (Lipinski definition) is 1. The van der Waals surface area contributed by atoms with Crippen LogP contribution in [0.1, 0.15) is 71.1 Å². The van der Waals surface area contributed by atoms with E-state index in [1.54, 1.807) is 0 Å². The molecule has 0 spiro atoms. The fraction of sp³-hybridized carbons (Fsp3) is 1.00. The quantitative estimate of drug-likeness (QED) is 0.811. The van der Waals surface area contributed by atoms with Gasteiger partial charge in [-0.25, -0.2) is 0 Å². The van der Waals surface area contributed by atoms with E-state index in [0.717, 1.165) is 24.5 Å². The van der Waals surface area contributed by atoms with Gasteiger partial charge in [-0.05, 0) is 64.0 Å². The van der Waals surface area contributed by atoms with Crippen molar-refractivity contribution < 1.29 is 0 Å². The molecule has 2 rings (SSSR count). The Labute approximate surface area is 113 Å². The number of piperidine rings is 1. The maximum Gasteiger partial charge on any atom is 0.0110 e. The Bertz CT molecular complexity index is 219. The molecule has 0 bridgehead atoms. The smallest absolute Gasteiger partial charge is 0.0110 e. The lowest BCUT2D eigenvalue weighted by molar-refractivity contribution is 0.0585. The molecule has 0 aromatic rings. The van der Waals surface area contributed by atoms with Gasteiger partial charge >= 0.3 is 0 Å². The fourth-order valence-electron chi connectivity index (χ4n) is 4.18. The highest BCUT2D eigenvalue weighted by molar-refractivity contribution is 4.86. The van der Waals surface area contributed by atoms with Crippen molar-refractivity contribution in [3.05, 3.63) is 0 Å². The first-order valence-electron chi connectivity index (χ1n) is 8.31. The molecule has 1 heterocycles. The van der Waals surface area contributed by atoms with Crippen molar-refractivity contribution in [1.82, 2.24) is 4.90 Å². The van der Waals surface area contributed by atoms with E-state index < -0.39 is 0 Å². The predicted molar refractivity (Wildman–Crippen MR) is 78.7 cm³/mol. The molecule has 2 nitrogen and oxygen atoms in total. The normalized spacial score (nSPS) is 34.7. The summed E-state index contributed by atoms with van der Waals surface area (Å²) in [6.07, 6.45) is 14.1. The first-order chi connectivity index (χ1) is 8.85. The number of rotatable bonds is 5. The lowest BCUT2D eigenvalue weighted by Crippen LogP contribution is -2.48. The first kappa shape index (κ1) is 14.3. The van der Waals surface area contributed by atoms with Gasteiger partial charge in [-0.1, -0.05) is 26.2 Å². The molecule has 1 saturated carbocycles. The molecule has 106 valence electrons. The van der Waals surface area contributed by atoms with Crippen LogP contribution in [0, 0.1) is 5.92 Å². The molecular formula is C16H32N2. The molecule has 0 aromatic carbocycles. The number of likely N-dealkylation sites (tertiary alicyclic amines) is 1. The standard InChI is InChI=1S/C16H32N2/c1-2-5-14-7-9-16(10-8-14)18-13-4-3-6-15(18)11-12-17/h14-16H,2-13,17H2,1H3. The Kier molecular flexibility index (Phi) is 5.97.